The first-order valence-corrected chi connectivity index (χ1v) is 11.0. The molecule has 2 aliphatic carbocycles. The van der Waals surface area contributed by atoms with Crippen molar-refractivity contribution >= 4 is 5.97 Å². The van der Waals surface area contributed by atoms with Crippen LogP contribution in [-0.4, -0.2) is 71.6 Å². The summed E-state index contributed by atoms with van der Waals surface area (Å²) in [5.74, 6) is -0.141. The zero-order valence-corrected chi connectivity index (χ0v) is 18.1. The number of carbonyl (C=O) groups is 1. The molecule has 3 N–H and O–H groups in total. The Morgan fingerprint density at radius 2 is 2.13 bits per heavy atom. The quantitative estimate of drug-likeness (QED) is 0.675. The molecule has 0 amide bonds. The lowest BCUT2D eigenvalue weighted by Gasteiger charge is -2.65. The fourth-order valence-corrected chi connectivity index (χ4v) is 7.09. The second kappa shape index (κ2) is 6.58. The molecule has 1 saturated carbocycles. The van der Waals surface area contributed by atoms with Gasteiger partial charge in [0.15, 0.2) is 11.5 Å². The number of hydrogen-bond acceptors (Lipinski definition) is 6. The van der Waals surface area contributed by atoms with E-state index in [9.17, 15) is 15.0 Å². The largest absolute Gasteiger partial charge is 0.504 e. The first-order valence-electron chi connectivity index (χ1n) is 11.0. The smallest absolute Gasteiger partial charge is 0.320 e. The average Bonchev–Trinajstić information content (AvgIpc) is 3.06. The summed E-state index contributed by atoms with van der Waals surface area (Å²) in [7, 11) is 3.97. The number of ether oxygens (including phenoxy) is 2. The van der Waals surface area contributed by atoms with E-state index in [1.54, 1.807) is 13.2 Å². The fourth-order valence-electron chi connectivity index (χ4n) is 7.09. The summed E-state index contributed by atoms with van der Waals surface area (Å²) in [5.41, 5.74) is 1.51. The zero-order chi connectivity index (χ0) is 21.4. The normalized spacial score (nSPS) is 37.6. The maximum atomic E-state index is 11.9. The molecule has 1 spiro atoms. The fraction of sp³-hybridized carbons (Fsp3) is 0.696. The van der Waals surface area contributed by atoms with Crippen molar-refractivity contribution in [2.75, 3.05) is 20.7 Å². The summed E-state index contributed by atoms with van der Waals surface area (Å²) in [6.45, 7) is 4.77. The van der Waals surface area contributed by atoms with E-state index in [0.717, 1.165) is 37.8 Å². The van der Waals surface area contributed by atoms with Crippen molar-refractivity contribution in [3.63, 3.8) is 0 Å². The number of carboxylic acid groups (broad SMARTS) is 1. The van der Waals surface area contributed by atoms with Crippen LogP contribution >= 0.6 is 0 Å². The van der Waals surface area contributed by atoms with E-state index in [2.05, 4.69) is 17.3 Å². The summed E-state index contributed by atoms with van der Waals surface area (Å²) < 4.78 is 13.0. The molecule has 4 aliphatic rings. The molecule has 0 aromatic heterocycles. The monoisotopic (exact) mass is 416 g/mol. The molecule has 1 aromatic rings. The Morgan fingerprint density at radius 1 is 1.37 bits per heavy atom. The second-order valence-corrected chi connectivity index (χ2v) is 9.87. The van der Waals surface area contributed by atoms with Crippen LogP contribution in [0.5, 0.6) is 11.5 Å². The van der Waals surface area contributed by atoms with Gasteiger partial charge in [0.2, 0.25) is 0 Å². The van der Waals surface area contributed by atoms with Gasteiger partial charge in [0.1, 0.15) is 12.1 Å². The Kier molecular flexibility index (Phi) is 4.41. The third kappa shape index (κ3) is 2.29. The number of phenols is 1. The third-order valence-electron chi connectivity index (χ3n) is 8.38. The molecule has 2 bridgehead atoms. The minimum absolute atomic E-state index is 0.0431. The van der Waals surface area contributed by atoms with Crippen LogP contribution in [0.3, 0.4) is 0 Å². The van der Waals surface area contributed by atoms with Gasteiger partial charge in [-0.1, -0.05) is 19.9 Å². The molecular formula is C23H32N2O5. The molecule has 2 fully saturated rings. The summed E-state index contributed by atoms with van der Waals surface area (Å²) in [6, 6.07) is 3.21. The predicted molar refractivity (Wildman–Crippen MR) is 111 cm³/mol. The topological polar surface area (TPSA) is 91.3 Å². The number of benzene rings is 1. The minimum atomic E-state index is -0.838. The van der Waals surface area contributed by atoms with Crippen LogP contribution in [0.4, 0.5) is 0 Å². The van der Waals surface area contributed by atoms with Crippen molar-refractivity contribution < 1.29 is 24.5 Å². The number of phenolic OH excluding ortho intramolecular Hbond substituents is 1. The van der Waals surface area contributed by atoms with Crippen molar-refractivity contribution in [3.8, 4) is 11.5 Å². The average molecular weight is 417 g/mol. The summed E-state index contributed by atoms with van der Waals surface area (Å²) >= 11 is 0. The first kappa shape index (κ1) is 20.1. The van der Waals surface area contributed by atoms with Crippen LogP contribution < -0.4 is 10.1 Å². The Bertz CT molecular complexity index is 889. The van der Waals surface area contributed by atoms with Crippen LogP contribution in [0.1, 0.15) is 44.2 Å². The molecule has 1 unspecified atom stereocenters. The number of methoxy groups -OCH3 is 1. The van der Waals surface area contributed by atoms with E-state index in [1.165, 1.54) is 5.56 Å². The third-order valence-corrected chi connectivity index (χ3v) is 8.38. The molecule has 2 aliphatic heterocycles. The number of aliphatic carboxylic acids is 1. The lowest BCUT2D eigenvalue weighted by atomic mass is 9.48. The molecule has 164 valence electrons. The number of piperidine rings is 1. The maximum absolute atomic E-state index is 11.9. The number of hydrogen-bond donors (Lipinski definition) is 3. The van der Waals surface area contributed by atoms with Gasteiger partial charge in [-0.3, -0.25) is 10.1 Å². The number of likely N-dealkylation sites (tertiary alicyclic amines) is 1. The zero-order valence-electron chi connectivity index (χ0n) is 18.1. The van der Waals surface area contributed by atoms with E-state index in [1.807, 2.05) is 19.9 Å². The predicted octanol–water partition coefficient (Wildman–Crippen LogP) is 1.90. The van der Waals surface area contributed by atoms with Gasteiger partial charge in [0.05, 0.1) is 11.0 Å². The van der Waals surface area contributed by atoms with Gasteiger partial charge in [-0.05, 0) is 56.8 Å². The number of carboxylic acids is 1. The van der Waals surface area contributed by atoms with Crippen LogP contribution in [0, 0.1) is 5.92 Å². The highest BCUT2D eigenvalue weighted by molar-refractivity contribution is 5.74. The Morgan fingerprint density at radius 3 is 2.80 bits per heavy atom. The number of likely N-dealkylation sites (N-methyl/N-ethyl adjacent to an activating group) is 1. The van der Waals surface area contributed by atoms with Crippen LogP contribution in [-0.2, 0) is 21.4 Å². The van der Waals surface area contributed by atoms with Crippen LogP contribution in [0.15, 0.2) is 12.1 Å². The molecular weight excluding hydrogens is 384 g/mol. The van der Waals surface area contributed by atoms with Crippen LogP contribution in [0.2, 0.25) is 0 Å². The highest BCUT2D eigenvalue weighted by Crippen LogP contribution is 2.66. The van der Waals surface area contributed by atoms with Gasteiger partial charge in [-0.15, -0.1) is 0 Å². The summed E-state index contributed by atoms with van der Waals surface area (Å²) in [5, 5.41) is 23.9. The molecule has 1 saturated heterocycles. The van der Waals surface area contributed by atoms with E-state index in [-0.39, 0.29) is 29.9 Å². The first-order chi connectivity index (χ1) is 14.3. The minimum Gasteiger partial charge on any atom is -0.504 e. The number of aromatic hydroxyl groups is 1. The summed E-state index contributed by atoms with van der Waals surface area (Å²) in [6.07, 6.45) is 3.05. The van der Waals surface area contributed by atoms with E-state index in [0.29, 0.717) is 5.75 Å². The molecule has 1 aromatic carbocycles. The Balaban J connectivity index is 1.67. The Labute approximate surface area is 177 Å². The number of nitrogens with zero attached hydrogens (tertiary/aromatic N) is 1. The van der Waals surface area contributed by atoms with Gasteiger partial charge in [0, 0.05) is 24.8 Å². The maximum Gasteiger partial charge on any atom is 0.320 e. The van der Waals surface area contributed by atoms with E-state index < -0.39 is 23.0 Å². The van der Waals surface area contributed by atoms with Crippen molar-refractivity contribution in [1.82, 2.24) is 10.2 Å². The van der Waals surface area contributed by atoms with Crippen molar-refractivity contribution in [1.29, 1.82) is 0 Å². The molecule has 2 heterocycles. The van der Waals surface area contributed by atoms with Crippen LogP contribution in [0.25, 0.3) is 0 Å². The lowest BCUT2D eigenvalue weighted by Crippen LogP contribution is -2.78. The molecule has 6 atom stereocenters. The van der Waals surface area contributed by atoms with Gasteiger partial charge < -0.3 is 24.6 Å². The van der Waals surface area contributed by atoms with E-state index in [4.69, 9.17) is 9.47 Å². The molecule has 30 heavy (non-hydrogen) atoms. The summed E-state index contributed by atoms with van der Waals surface area (Å²) in [4.78, 5) is 14.3. The highest BCUT2D eigenvalue weighted by atomic mass is 16.5. The molecule has 5 rings (SSSR count). The van der Waals surface area contributed by atoms with Crippen molar-refractivity contribution in [3.05, 3.63) is 23.3 Å². The highest BCUT2D eigenvalue weighted by Gasteiger charge is 2.73. The second-order valence-electron chi connectivity index (χ2n) is 9.87. The lowest BCUT2D eigenvalue weighted by molar-refractivity contribution is -0.204. The number of nitrogens with one attached hydrogen (secondary N) is 1. The van der Waals surface area contributed by atoms with Gasteiger partial charge in [0.25, 0.3) is 0 Å². The van der Waals surface area contributed by atoms with E-state index >= 15 is 0 Å². The SMILES string of the molecule is CO[C@@]12CC[C@H](N[C@H](C(=O)O)C(C)C)[C@@H]3Oc4c(O)ccc5c4[C@@]31CCN(C)C2C5. The van der Waals surface area contributed by atoms with Gasteiger partial charge >= 0.3 is 5.97 Å². The van der Waals surface area contributed by atoms with Crippen molar-refractivity contribution in [2.24, 2.45) is 5.92 Å². The van der Waals surface area contributed by atoms with Gasteiger partial charge in [-0.25, -0.2) is 0 Å². The number of rotatable bonds is 5. The standard InChI is InChI=1S/C23H32N2O5/c1-12(2)18(21(27)28)24-14-7-8-23(29-4)16-11-13-5-6-15(26)19-17(13)22(23,20(14)30-19)9-10-25(16)3/h5-6,12,14,16,18,20,24,26H,7-11H2,1-4H3,(H,27,28)/t14-,16?,18-,20-,22-,23+/m0/s1. The van der Waals surface area contributed by atoms with Crippen molar-refractivity contribution in [2.45, 2.75) is 74.8 Å². The molecule has 7 nitrogen and oxygen atoms in total. The molecule has 7 heteroatoms. The Hall–Kier alpha value is -1.83. The molecule has 0 radical (unpaired) electrons. The van der Waals surface area contributed by atoms with Gasteiger partial charge in [-0.2, -0.15) is 0 Å².